The number of ether oxygens (including phenoxy) is 1. The maximum Gasteiger partial charge on any atom is 0.160 e. The molecule has 3 nitrogen and oxygen atoms in total. The lowest BCUT2D eigenvalue weighted by atomic mass is 10.0. The van der Waals surface area contributed by atoms with E-state index in [2.05, 4.69) is 6.92 Å². The topological polar surface area (TPSA) is 53.3 Å². The van der Waals surface area contributed by atoms with E-state index in [1.807, 2.05) is 6.07 Å². The number of hydrogen-bond donors (Lipinski definition) is 2. The van der Waals surface area contributed by atoms with Crippen molar-refractivity contribution in [2.45, 2.75) is 26.2 Å². The van der Waals surface area contributed by atoms with Gasteiger partial charge in [-0.1, -0.05) is 19.4 Å². The molecule has 0 aliphatic rings. The Morgan fingerprint density at radius 2 is 2.20 bits per heavy atom. The standard InChI is InChI=1S/C12H17NO2/c1-3-4-10(13)7-9-5-6-12(15-2)11(14)8-9/h5-6,8,13-14H,3-4,7H2,1-2H3. The van der Waals surface area contributed by atoms with E-state index in [4.69, 9.17) is 10.1 Å². The van der Waals surface area contributed by atoms with Crippen LogP contribution in [-0.2, 0) is 6.42 Å². The van der Waals surface area contributed by atoms with Gasteiger partial charge in [0.05, 0.1) is 7.11 Å². The third-order valence-electron chi connectivity index (χ3n) is 2.21. The molecule has 1 rings (SSSR count). The predicted octanol–water partition coefficient (Wildman–Crippen LogP) is 2.76. The first kappa shape index (κ1) is 11.6. The molecule has 0 saturated heterocycles. The quantitative estimate of drug-likeness (QED) is 0.729. The van der Waals surface area contributed by atoms with Gasteiger partial charge >= 0.3 is 0 Å². The molecule has 0 aromatic heterocycles. The van der Waals surface area contributed by atoms with Crippen molar-refractivity contribution in [3.63, 3.8) is 0 Å². The maximum absolute atomic E-state index is 9.54. The summed E-state index contributed by atoms with van der Waals surface area (Å²) in [4.78, 5) is 0. The highest BCUT2D eigenvalue weighted by atomic mass is 16.5. The van der Waals surface area contributed by atoms with Crippen molar-refractivity contribution in [1.29, 1.82) is 5.41 Å². The highest BCUT2D eigenvalue weighted by Gasteiger charge is 2.04. The van der Waals surface area contributed by atoms with Crippen molar-refractivity contribution in [3.05, 3.63) is 23.8 Å². The molecule has 0 bridgehead atoms. The number of phenols is 1. The second-order valence-corrected chi connectivity index (χ2v) is 3.54. The summed E-state index contributed by atoms with van der Waals surface area (Å²) in [5.74, 6) is 0.611. The van der Waals surface area contributed by atoms with Crippen LogP contribution < -0.4 is 4.74 Å². The molecule has 0 spiro atoms. The summed E-state index contributed by atoms with van der Waals surface area (Å²) in [6.45, 7) is 2.06. The van der Waals surface area contributed by atoms with Gasteiger partial charge in [0, 0.05) is 12.1 Å². The minimum atomic E-state index is 0.138. The predicted molar refractivity (Wildman–Crippen MR) is 61.0 cm³/mol. The molecule has 15 heavy (non-hydrogen) atoms. The largest absolute Gasteiger partial charge is 0.504 e. The fourth-order valence-corrected chi connectivity index (χ4v) is 1.48. The van der Waals surface area contributed by atoms with E-state index >= 15 is 0 Å². The van der Waals surface area contributed by atoms with E-state index in [1.54, 1.807) is 12.1 Å². The van der Waals surface area contributed by atoms with Crippen molar-refractivity contribution in [2.24, 2.45) is 0 Å². The minimum Gasteiger partial charge on any atom is -0.504 e. The molecular formula is C12H17NO2. The zero-order chi connectivity index (χ0) is 11.3. The summed E-state index contributed by atoms with van der Waals surface area (Å²) < 4.78 is 4.95. The van der Waals surface area contributed by atoms with Crippen LogP contribution in [0.15, 0.2) is 18.2 Å². The highest BCUT2D eigenvalue weighted by molar-refractivity contribution is 5.83. The second-order valence-electron chi connectivity index (χ2n) is 3.54. The molecule has 0 aliphatic carbocycles. The Bertz CT molecular complexity index is 347. The summed E-state index contributed by atoms with van der Waals surface area (Å²) in [7, 11) is 1.52. The van der Waals surface area contributed by atoms with Gasteiger partial charge in [-0.15, -0.1) is 0 Å². The van der Waals surface area contributed by atoms with E-state index in [9.17, 15) is 5.11 Å². The van der Waals surface area contributed by atoms with Gasteiger partial charge in [0.1, 0.15) is 0 Å². The fourth-order valence-electron chi connectivity index (χ4n) is 1.48. The first-order valence-electron chi connectivity index (χ1n) is 5.09. The number of benzene rings is 1. The number of nitrogens with one attached hydrogen (secondary N) is 1. The first-order chi connectivity index (χ1) is 7.17. The lowest BCUT2D eigenvalue weighted by Gasteiger charge is -2.06. The smallest absolute Gasteiger partial charge is 0.160 e. The van der Waals surface area contributed by atoms with E-state index in [0.29, 0.717) is 17.9 Å². The minimum absolute atomic E-state index is 0.138. The SMILES string of the molecule is CCCC(=N)Cc1ccc(OC)c(O)c1. The molecular weight excluding hydrogens is 190 g/mol. The average molecular weight is 207 g/mol. The average Bonchev–Trinajstić information content (AvgIpc) is 2.18. The van der Waals surface area contributed by atoms with Gasteiger partial charge in [0.2, 0.25) is 0 Å². The molecule has 0 atom stereocenters. The monoisotopic (exact) mass is 207 g/mol. The van der Waals surface area contributed by atoms with Crippen LogP contribution in [0.4, 0.5) is 0 Å². The fraction of sp³-hybridized carbons (Fsp3) is 0.417. The number of rotatable bonds is 5. The van der Waals surface area contributed by atoms with Crippen LogP contribution in [0.1, 0.15) is 25.3 Å². The highest BCUT2D eigenvalue weighted by Crippen LogP contribution is 2.26. The molecule has 0 amide bonds. The summed E-state index contributed by atoms with van der Waals surface area (Å²) in [5.41, 5.74) is 1.65. The summed E-state index contributed by atoms with van der Waals surface area (Å²) in [5, 5.41) is 17.2. The van der Waals surface area contributed by atoms with E-state index < -0.39 is 0 Å². The van der Waals surface area contributed by atoms with Crippen LogP contribution in [0, 0.1) is 5.41 Å². The molecule has 0 radical (unpaired) electrons. The van der Waals surface area contributed by atoms with Crippen molar-refractivity contribution in [1.82, 2.24) is 0 Å². The first-order valence-corrected chi connectivity index (χ1v) is 5.09. The van der Waals surface area contributed by atoms with Crippen LogP contribution in [-0.4, -0.2) is 17.9 Å². The van der Waals surface area contributed by atoms with Crippen molar-refractivity contribution >= 4 is 5.71 Å². The number of methoxy groups -OCH3 is 1. The van der Waals surface area contributed by atoms with Crippen LogP contribution in [0.2, 0.25) is 0 Å². The van der Waals surface area contributed by atoms with Crippen LogP contribution in [0.5, 0.6) is 11.5 Å². The summed E-state index contributed by atoms with van der Waals surface area (Å²) in [6, 6.07) is 5.26. The Balaban J connectivity index is 2.71. The Morgan fingerprint density at radius 3 is 2.73 bits per heavy atom. The molecule has 82 valence electrons. The molecule has 0 heterocycles. The summed E-state index contributed by atoms with van der Waals surface area (Å²) >= 11 is 0. The van der Waals surface area contributed by atoms with Gasteiger partial charge in [-0.2, -0.15) is 0 Å². The zero-order valence-corrected chi connectivity index (χ0v) is 9.21. The Kier molecular flexibility index (Phi) is 4.16. The molecule has 1 aromatic carbocycles. The molecule has 0 saturated carbocycles. The second kappa shape index (κ2) is 5.39. The Morgan fingerprint density at radius 1 is 1.47 bits per heavy atom. The molecule has 0 unspecified atom stereocenters. The van der Waals surface area contributed by atoms with Gasteiger partial charge in [0.15, 0.2) is 11.5 Å². The van der Waals surface area contributed by atoms with Gasteiger partial charge in [-0.25, -0.2) is 0 Å². The Labute approximate surface area is 90.2 Å². The van der Waals surface area contributed by atoms with E-state index in [1.165, 1.54) is 7.11 Å². The molecule has 1 aromatic rings. The maximum atomic E-state index is 9.54. The number of aromatic hydroxyl groups is 1. The van der Waals surface area contributed by atoms with Gasteiger partial charge < -0.3 is 15.3 Å². The van der Waals surface area contributed by atoms with Gasteiger partial charge in [-0.05, 0) is 24.1 Å². The normalized spacial score (nSPS) is 10.0. The van der Waals surface area contributed by atoms with E-state index in [0.717, 1.165) is 18.4 Å². The van der Waals surface area contributed by atoms with Crippen LogP contribution >= 0.6 is 0 Å². The lowest BCUT2D eigenvalue weighted by molar-refractivity contribution is 0.373. The zero-order valence-electron chi connectivity index (χ0n) is 9.21. The van der Waals surface area contributed by atoms with Crippen molar-refractivity contribution in [3.8, 4) is 11.5 Å². The van der Waals surface area contributed by atoms with Crippen molar-refractivity contribution in [2.75, 3.05) is 7.11 Å². The molecule has 3 heteroatoms. The third kappa shape index (κ3) is 3.27. The number of phenolic OH excluding ortho intramolecular Hbond substituents is 1. The van der Waals surface area contributed by atoms with Crippen LogP contribution in [0.25, 0.3) is 0 Å². The lowest BCUT2D eigenvalue weighted by Crippen LogP contribution is -2.00. The number of hydrogen-bond acceptors (Lipinski definition) is 3. The summed E-state index contributed by atoms with van der Waals surface area (Å²) in [6.07, 6.45) is 2.40. The molecule has 2 N–H and O–H groups in total. The molecule has 0 fully saturated rings. The third-order valence-corrected chi connectivity index (χ3v) is 2.21. The van der Waals surface area contributed by atoms with Gasteiger partial charge in [0.25, 0.3) is 0 Å². The molecule has 0 aliphatic heterocycles. The van der Waals surface area contributed by atoms with Crippen LogP contribution in [0.3, 0.4) is 0 Å². The van der Waals surface area contributed by atoms with E-state index in [-0.39, 0.29) is 5.75 Å². The van der Waals surface area contributed by atoms with Crippen molar-refractivity contribution < 1.29 is 9.84 Å². The Hall–Kier alpha value is -1.51. The van der Waals surface area contributed by atoms with Gasteiger partial charge in [-0.3, -0.25) is 0 Å².